The number of hydrogen-bond donors (Lipinski definition) is 1. The maximum absolute atomic E-state index is 12.5. The molecule has 0 atom stereocenters. The van der Waals surface area contributed by atoms with Crippen molar-refractivity contribution in [1.82, 2.24) is 0 Å². The Balaban J connectivity index is 2.27. The van der Waals surface area contributed by atoms with Crippen LogP contribution in [0.4, 0.5) is 5.69 Å². The number of carbonyl (C=O) groups excluding carboxylic acids is 2. The number of fused-ring (bicyclic) bond motifs is 1. The summed E-state index contributed by atoms with van der Waals surface area (Å²) < 4.78 is 10.4. The van der Waals surface area contributed by atoms with E-state index in [-0.39, 0.29) is 12.2 Å². The number of rotatable bonds is 3. The van der Waals surface area contributed by atoms with Crippen LogP contribution in [0.5, 0.6) is 5.75 Å². The summed E-state index contributed by atoms with van der Waals surface area (Å²) in [6.07, 6.45) is 0.183. The second-order valence-electron chi connectivity index (χ2n) is 6.56. The molecule has 0 fully saturated rings. The predicted molar refractivity (Wildman–Crippen MR) is 96.2 cm³/mol. The number of benzene rings is 2. The summed E-state index contributed by atoms with van der Waals surface area (Å²) >= 11 is 0. The Hall–Kier alpha value is -2.82. The van der Waals surface area contributed by atoms with Gasteiger partial charge in [0.05, 0.1) is 25.3 Å². The monoisotopic (exact) mass is 339 g/mol. The Morgan fingerprint density at radius 1 is 1.08 bits per heavy atom. The molecule has 0 amide bonds. The molecule has 2 aromatic rings. The largest absolute Gasteiger partial charge is 0.496 e. The van der Waals surface area contributed by atoms with Crippen LogP contribution in [0.15, 0.2) is 36.4 Å². The van der Waals surface area contributed by atoms with Gasteiger partial charge in [-0.25, -0.2) is 4.79 Å². The smallest absolute Gasteiger partial charge is 0.338 e. The van der Waals surface area contributed by atoms with Crippen LogP contribution in [0, 0.1) is 0 Å². The minimum Gasteiger partial charge on any atom is -0.496 e. The van der Waals surface area contributed by atoms with Crippen molar-refractivity contribution in [1.29, 1.82) is 0 Å². The van der Waals surface area contributed by atoms with Crippen molar-refractivity contribution in [2.24, 2.45) is 0 Å². The fourth-order valence-electron chi connectivity index (χ4n) is 3.16. The molecule has 1 aliphatic heterocycles. The number of Topliss-reactive ketones (excluding diaryl/α,β-unsaturated/α-hetero) is 1. The van der Waals surface area contributed by atoms with Gasteiger partial charge in [-0.3, -0.25) is 4.79 Å². The average molecular weight is 339 g/mol. The molecule has 2 aromatic carbocycles. The number of ketones is 1. The van der Waals surface area contributed by atoms with E-state index in [1.807, 2.05) is 50.2 Å². The van der Waals surface area contributed by atoms with Gasteiger partial charge in [-0.2, -0.15) is 0 Å². The number of nitrogens with one attached hydrogen (secondary N) is 1. The number of esters is 1. The summed E-state index contributed by atoms with van der Waals surface area (Å²) in [6.45, 7) is 3.68. The molecule has 25 heavy (non-hydrogen) atoms. The van der Waals surface area contributed by atoms with Crippen molar-refractivity contribution < 1.29 is 19.1 Å². The molecular weight excluding hydrogens is 318 g/mol. The van der Waals surface area contributed by atoms with Crippen LogP contribution in [0.3, 0.4) is 0 Å². The zero-order valence-electron chi connectivity index (χ0n) is 14.8. The zero-order chi connectivity index (χ0) is 18.2. The molecule has 0 aliphatic carbocycles. The topological polar surface area (TPSA) is 64.6 Å². The van der Waals surface area contributed by atoms with Crippen LogP contribution in [-0.4, -0.2) is 31.5 Å². The summed E-state index contributed by atoms with van der Waals surface area (Å²) in [5, 5.41) is 3.22. The maximum Gasteiger partial charge on any atom is 0.338 e. The van der Waals surface area contributed by atoms with Crippen molar-refractivity contribution in [2.45, 2.75) is 25.8 Å². The molecule has 0 spiro atoms. The standard InChI is InChI=1S/C20H21NO4/c1-20(2)17(22)11-14-15(21-20)10-9-13(18(14)19(23)25-4)12-7-5-6-8-16(12)24-3/h5-10,21H,11H2,1-4H3. The van der Waals surface area contributed by atoms with Crippen LogP contribution < -0.4 is 10.1 Å². The highest BCUT2D eigenvalue weighted by molar-refractivity contribution is 6.05. The van der Waals surface area contributed by atoms with E-state index < -0.39 is 11.5 Å². The van der Waals surface area contributed by atoms with Crippen LogP contribution in [0.25, 0.3) is 11.1 Å². The maximum atomic E-state index is 12.5. The molecule has 0 unspecified atom stereocenters. The van der Waals surface area contributed by atoms with Gasteiger partial charge in [0.25, 0.3) is 0 Å². The van der Waals surface area contributed by atoms with Gasteiger partial charge in [0.1, 0.15) is 5.75 Å². The normalized spacial score (nSPS) is 15.1. The Bertz CT molecular complexity index is 855. The molecule has 0 aromatic heterocycles. The highest BCUT2D eigenvalue weighted by atomic mass is 16.5. The molecule has 5 nitrogen and oxygen atoms in total. The first-order valence-corrected chi connectivity index (χ1v) is 8.08. The van der Waals surface area contributed by atoms with Gasteiger partial charge in [0.2, 0.25) is 0 Å². The first-order chi connectivity index (χ1) is 11.9. The highest BCUT2D eigenvalue weighted by Crippen LogP contribution is 2.39. The Labute approximate surface area is 147 Å². The van der Waals surface area contributed by atoms with E-state index in [1.54, 1.807) is 7.11 Å². The Morgan fingerprint density at radius 2 is 1.80 bits per heavy atom. The van der Waals surface area contributed by atoms with Gasteiger partial charge in [-0.05, 0) is 31.5 Å². The molecule has 0 saturated carbocycles. The molecule has 3 rings (SSSR count). The van der Waals surface area contributed by atoms with E-state index >= 15 is 0 Å². The quantitative estimate of drug-likeness (QED) is 0.868. The highest BCUT2D eigenvalue weighted by Gasteiger charge is 2.36. The third kappa shape index (κ3) is 2.86. The number of carbonyl (C=O) groups is 2. The molecule has 0 radical (unpaired) electrons. The third-order valence-electron chi connectivity index (χ3n) is 4.58. The molecule has 5 heteroatoms. The third-order valence-corrected chi connectivity index (χ3v) is 4.58. The van der Waals surface area contributed by atoms with Crippen LogP contribution in [-0.2, 0) is 16.0 Å². The van der Waals surface area contributed by atoms with E-state index in [0.717, 1.165) is 11.3 Å². The number of ether oxygens (including phenoxy) is 2. The molecule has 1 N–H and O–H groups in total. The van der Waals surface area contributed by atoms with Crippen molar-refractivity contribution in [3.8, 4) is 16.9 Å². The summed E-state index contributed by atoms with van der Waals surface area (Å²) in [6, 6.07) is 11.2. The lowest BCUT2D eigenvalue weighted by Crippen LogP contribution is -2.45. The number of para-hydroxylation sites is 1. The van der Waals surface area contributed by atoms with Crippen LogP contribution in [0.1, 0.15) is 29.8 Å². The summed E-state index contributed by atoms with van der Waals surface area (Å²) in [5.74, 6) is 0.220. The summed E-state index contributed by atoms with van der Waals surface area (Å²) in [5.41, 5.74) is 2.67. The number of methoxy groups -OCH3 is 2. The van der Waals surface area contributed by atoms with E-state index in [9.17, 15) is 9.59 Å². The van der Waals surface area contributed by atoms with Crippen molar-refractivity contribution >= 4 is 17.4 Å². The summed E-state index contributed by atoms with van der Waals surface area (Å²) in [4.78, 5) is 25.0. The van der Waals surface area contributed by atoms with E-state index in [4.69, 9.17) is 9.47 Å². The lowest BCUT2D eigenvalue weighted by Gasteiger charge is -2.33. The molecular formula is C20H21NO4. The van der Waals surface area contributed by atoms with Gasteiger partial charge < -0.3 is 14.8 Å². The molecule has 0 saturated heterocycles. The second-order valence-corrected chi connectivity index (χ2v) is 6.56. The molecule has 0 bridgehead atoms. The van der Waals surface area contributed by atoms with Crippen molar-refractivity contribution in [3.05, 3.63) is 47.5 Å². The van der Waals surface area contributed by atoms with Crippen molar-refractivity contribution in [3.63, 3.8) is 0 Å². The Morgan fingerprint density at radius 3 is 2.48 bits per heavy atom. The summed E-state index contributed by atoms with van der Waals surface area (Å²) in [7, 11) is 2.93. The average Bonchev–Trinajstić information content (AvgIpc) is 2.61. The molecule has 1 heterocycles. The predicted octanol–water partition coefficient (Wildman–Crippen LogP) is 3.46. The van der Waals surface area contributed by atoms with Crippen molar-refractivity contribution in [2.75, 3.05) is 19.5 Å². The van der Waals surface area contributed by atoms with Gasteiger partial charge in [0.15, 0.2) is 5.78 Å². The van der Waals surface area contributed by atoms with Gasteiger partial charge in [0, 0.05) is 23.2 Å². The minimum absolute atomic E-state index is 0.0299. The van der Waals surface area contributed by atoms with Crippen LogP contribution >= 0.6 is 0 Å². The fraction of sp³-hybridized carbons (Fsp3) is 0.300. The number of anilines is 1. The van der Waals surface area contributed by atoms with Gasteiger partial charge in [-0.15, -0.1) is 0 Å². The van der Waals surface area contributed by atoms with Crippen LogP contribution in [0.2, 0.25) is 0 Å². The Kier molecular flexibility index (Phi) is 4.25. The van der Waals surface area contributed by atoms with E-state index in [0.29, 0.717) is 22.4 Å². The first kappa shape index (κ1) is 17.0. The lowest BCUT2D eigenvalue weighted by atomic mass is 9.83. The fourth-order valence-corrected chi connectivity index (χ4v) is 3.16. The zero-order valence-corrected chi connectivity index (χ0v) is 14.8. The molecule has 130 valence electrons. The minimum atomic E-state index is -0.660. The molecule has 1 aliphatic rings. The van der Waals surface area contributed by atoms with E-state index in [2.05, 4.69) is 5.32 Å². The second kappa shape index (κ2) is 6.24. The van der Waals surface area contributed by atoms with Gasteiger partial charge >= 0.3 is 5.97 Å². The van der Waals surface area contributed by atoms with Gasteiger partial charge in [-0.1, -0.05) is 24.3 Å². The van der Waals surface area contributed by atoms with E-state index in [1.165, 1.54) is 7.11 Å². The number of hydrogen-bond acceptors (Lipinski definition) is 5. The first-order valence-electron chi connectivity index (χ1n) is 8.08. The SMILES string of the molecule is COC(=O)c1c(-c2ccccc2OC)ccc2c1CC(=O)C(C)(C)N2. The lowest BCUT2D eigenvalue weighted by molar-refractivity contribution is -0.122.